The third-order valence-corrected chi connectivity index (χ3v) is 3.35. The highest BCUT2D eigenvalue weighted by atomic mass is 32.2. The Morgan fingerprint density at radius 3 is 2.53 bits per heavy atom. The van der Waals surface area contributed by atoms with Gasteiger partial charge in [0.2, 0.25) is 5.91 Å². The maximum atomic E-state index is 11.9. The van der Waals surface area contributed by atoms with Crippen molar-refractivity contribution in [2.24, 2.45) is 5.92 Å². The summed E-state index contributed by atoms with van der Waals surface area (Å²) in [5.74, 6) is 1.30. The summed E-state index contributed by atoms with van der Waals surface area (Å²) < 4.78 is 0. The molecular weight excluding hydrogens is 208 g/mol. The van der Waals surface area contributed by atoms with Crippen LogP contribution in [0.3, 0.4) is 0 Å². The Bertz CT molecular complexity index is 187. The molecule has 0 heterocycles. The number of hydrogen-bond acceptors (Lipinski definition) is 3. The van der Waals surface area contributed by atoms with E-state index in [2.05, 4.69) is 25.4 Å². The molecule has 0 aromatic carbocycles. The molecule has 0 saturated heterocycles. The fourth-order valence-corrected chi connectivity index (χ4v) is 2.07. The number of nitrogens with zero attached hydrogens (tertiary/aromatic N) is 1. The Balaban J connectivity index is 4.05. The zero-order valence-corrected chi connectivity index (χ0v) is 11.4. The molecule has 0 rings (SSSR count). The monoisotopic (exact) mass is 232 g/mol. The van der Waals surface area contributed by atoms with E-state index in [4.69, 9.17) is 0 Å². The lowest BCUT2D eigenvalue weighted by molar-refractivity contribution is -0.134. The van der Waals surface area contributed by atoms with Crippen molar-refractivity contribution in [1.82, 2.24) is 10.2 Å². The molecule has 15 heavy (non-hydrogen) atoms. The van der Waals surface area contributed by atoms with E-state index >= 15 is 0 Å². The summed E-state index contributed by atoms with van der Waals surface area (Å²) in [6.07, 6.45) is 2.07. The van der Waals surface area contributed by atoms with Crippen molar-refractivity contribution < 1.29 is 4.79 Å². The van der Waals surface area contributed by atoms with Gasteiger partial charge in [0, 0.05) is 31.3 Å². The van der Waals surface area contributed by atoms with E-state index in [1.807, 2.05) is 18.9 Å². The van der Waals surface area contributed by atoms with Crippen molar-refractivity contribution in [3.63, 3.8) is 0 Å². The van der Waals surface area contributed by atoms with E-state index in [1.165, 1.54) is 0 Å². The summed E-state index contributed by atoms with van der Waals surface area (Å²) in [6, 6.07) is 0.316. The maximum absolute atomic E-state index is 11.9. The minimum Gasteiger partial charge on any atom is -0.342 e. The van der Waals surface area contributed by atoms with Crippen LogP contribution < -0.4 is 5.32 Å². The van der Waals surface area contributed by atoms with Crippen LogP contribution in [0.4, 0.5) is 0 Å². The van der Waals surface area contributed by atoms with Crippen LogP contribution in [-0.4, -0.2) is 49.0 Å². The fourth-order valence-electron chi connectivity index (χ4n) is 1.37. The molecule has 2 unspecified atom stereocenters. The summed E-state index contributed by atoms with van der Waals surface area (Å²) in [4.78, 5) is 13.8. The predicted molar refractivity (Wildman–Crippen MR) is 68.3 cm³/mol. The van der Waals surface area contributed by atoms with Gasteiger partial charge in [-0.1, -0.05) is 13.8 Å². The lowest BCUT2D eigenvalue weighted by Gasteiger charge is -2.27. The highest BCUT2D eigenvalue weighted by Crippen LogP contribution is 2.08. The van der Waals surface area contributed by atoms with E-state index in [-0.39, 0.29) is 11.8 Å². The highest BCUT2D eigenvalue weighted by Gasteiger charge is 2.20. The van der Waals surface area contributed by atoms with Gasteiger partial charge in [-0.05, 0) is 19.7 Å². The fraction of sp³-hybridized carbons (Fsp3) is 0.909. The molecule has 0 bridgehead atoms. The first kappa shape index (κ1) is 14.8. The minimum absolute atomic E-state index is 0.0688. The predicted octanol–water partition coefficient (Wildman–Crippen LogP) is 1.44. The second-order valence-electron chi connectivity index (χ2n) is 3.96. The summed E-state index contributed by atoms with van der Waals surface area (Å²) in [7, 11) is 1.89. The second-order valence-corrected chi connectivity index (χ2v) is 4.87. The van der Waals surface area contributed by atoms with Crippen LogP contribution in [0.1, 0.15) is 20.8 Å². The van der Waals surface area contributed by atoms with Crippen LogP contribution in [0.25, 0.3) is 0 Å². The summed E-state index contributed by atoms with van der Waals surface area (Å²) in [5.41, 5.74) is 0. The Morgan fingerprint density at radius 2 is 2.07 bits per heavy atom. The van der Waals surface area contributed by atoms with Crippen molar-refractivity contribution in [3.05, 3.63) is 0 Å². The van der Waals surface area contributed by atoms with Crippen LogP contribution >= 0.6 is 11.8 Å². The van der Waals surface area contributed by atoms with Gasteiger partial charge < -0.3 is 10.2 Å². The van der Waals surface area contributed by atoms with Crippen molar-refractivity contribution in [2.45, 2.75) is 26.8 Å². The minimum atomic E-state index is 0.0688. The van der Waals surface area contributed by atoms with Crippen LogP contribution in [0, 0.1) is 5.92 Å². The van der Waals surface area contributed by atoms with Crippen LogP contribution in [0.2, 0.25) is 0 Å². The topological polar surface area (TPSA) is 32.3 Å². The Kier molecular flexibility index (Phi) is 7.88. The van der Waals surface area contributed by atoms with Gasteiger partial charge in [-0.2, -0.15) is 11.8 Å². The van der Waals surface area contributed by atoms with Crippen LogP contribution in [0.5, 0.6) is 0 Å². The molecule has 0 spiro atoms. The van der Waals surface area contributed by atoms with E-state index in [0.717, 1.165) is 18.8 Å². The van der Waals surface area contributed by atoms with Crippen LogP contribution in [-0.2, 0) is 4.79 Å². The smallest absolute Gasteiger partial charge is 0.226 e. The van der Waals surface area contributed by atoms with Gasteiger partial charge in [0.05, 0.1) is 0 Å². The first-order valence-electron chi connectivity index (χ1n) is 5.50. The number of rotatable bonds is 7. The van der Waals surface area contributed by atoms with E-state index < -0.39 is 0 Å². The lowest BCUT2D eigenvalue weighted by Crippen LogP contribution is -2.42. The zero-order valence-electron chi connectivity index (χ0n) is 10.5. The van der Waals surface area contributed by atoms with Crippen molar-refractivity contribution >= 4 is 17.7 Å². The first-order chi connectivity index (χ1) is 7.04. The molecule has 2 atom stereocenters. The maximum Gasteiger partial charge on any atom is 0.226 e. The summed E-state index contributed by atoms with van der Waals surface area (Å²) in [6.45, 7) is 7.81. The van der Waals surface area contributed by atoms with Crippen molar-refractivity contribution in [2.75, 3.05) is 32.1 Å². The van der Waals surface area contributed by atoms with Crippen LogP contribution in [0.15, 0.2) is 0 Å². The molecule has 0 aromatic heterocycles. The third kappa shape index (κ3) is 5.42. The summed E-state index contributed by atoms with van der Waals surface area (Å²) in [5, 5.41) is 3.20. The molecule has 1 amide bonds. The molecule has 1 N–H and O–H groups in total. The van der Waals surface area contributed by atoms with E-state index in [1.54, 1.807) is 11.8 Å². The molecule has 0 radical (unpaired) electrons. The molecule has 0 aromatic rings. The summed E-state index contributed by atoms with van der Waals surface area (Å²) >= 11 is 1.78. The zero-order chi connectivity index (χ0) is 11.8. The molecule has 0 fully saturated rings. The number of carbonyl (C=O) groups excluding carboxylic acids is 1. The number of nitrogens with one attached hydrogen (secondary N) is 1. The number of carbonyl (C=O) groups is 1. The molecule has 90 valence electrons. The molecule has 4 heteroatoms. The second kappa shape index (κ2) is 7.99. The quantitative estimate of drug-likeness (QED) is 0.721. The van der Waals surface area contributed by atoms with Gasteiger partial charge >= 0.3 is 0 Å². The number of thioether (sulfide) groups is 1. The van der Waals surface area contributed by atoms with Gasteiger partial charge in [0.25, 0.3) is 0 Å². The molecule has 3 nitrogen and oxygen atoms in total. The van der Waals surface area contributed by atoms with Gasteiger partial charge in [0.15, 0.2) is 0 Å². The average molecular weight is 232 g/mol. The highest BCUT2D eigenvalue weighted by molar-refractivity contribution is 7.98. The Morgan fingerprint density at radius 1 is 1.47 bits per heavy atom. The third-order valence-electron chi connectivity index (χ3n) is 2.54. The molecule has 0 saturated carbocycles. The average Bonchev–Trinajstić information content (AvgIpc) is 2.24. The standard InChI is InChI=1S/C11H24N2OS/c1-6-12-7-9(2)11(14)13(4)10(3)8-15-5/h9-10,12H,6-8H2,1-5H3. The first-order valence-corrected chi connectivity index (χ1v) is 6.90. The van der Waals surface area contributed by atoms with Gasteiger partial charge in [-0.25, -0.2) is 0 Å². The molecule has 0 aliphatic carbocycles. The van der Waals surface area contributed by atoms with Gasteiger partial charge in [-0.15, -0.1) is 0 Å². The van der Waals surface area contributed by atoms with E-state index in [9.17, 15) is 4.79 Å². The Hall–Kier alpha value is -0.220. The number of hydrogen-bond donors (Lipinski definition) is 1. The SMILES string of the molecule is CCNCC(C)C(=O)N(C)C(C)CSC. The van der Waals surface area contributed by atoms with Crippen molar-refractivity contribution in [3.8, 4) is 0 Å². The molecule has 0 aliphatic rings. The van der Waals surface area contributed by atoms with E-state index in [0.29, 0.717) is 6.04 Å². The normalized spacial score (nSPS) is 14.7. The Labute approximate surface area is 98.0 Å². The molecular formula is C11H24N2OS. The van der Waals surface area contributed by atoms with Gasteiger partial charge in [-0.3, -0.25) is 4.79 Å². The van der Waals surface area contributed by atoms with Gasteiger partial charge in [0.1, 0.15) is 0 Å². The lowest BCUT2D eigenvalue weighted by atomic mass is 10.1. The molecule has 0 aliphatic heterocycles. The largest absolute Gasteiger partial charge is 0.342 e. The number of amides is 1. The van der Waals surface area contributed by atoms with Crippen molar-refractivity contribution in [1.29, 1.82) is 0 Å².